The Hall–Kier alpha value is -2.29. The van der Waals surface area contributed by atoms with Gasteiger partial charge in [-0.2, -0.15) is 0 Å². The second-order valence-electron chi connectivity index (χ2n) is 5.95. The topological polar surface area (TPSA) is 46.5 Å². The zero-order valence-corrected chi connectivity index (χ0v) is 13.7. The van der Waals surface area contributed by atoms with Gasteiger partial charge in [-0.15, -0.1) is 0 Å². The summed E-state index contributed by atoms with van der Waals surface area (Å²) in [7, 11) is 0. The lowest BCUT2D eigenvalue weighted by molar-refractivity contribution is -0.137. The van der Waals surface area contributed by atoms with Gasteiger partial charge in [-0.05, 0) is 29.2 Å². The standard InChI is InChI=1S/C20H24O3/c1-3-15(2)14-23-18-11-9-17(10-12-18)19(13-20(21)22)16-7-5-4-6-8-16/h4-12,15,19H,3,13-14H2,1-2H3,(H,21,22)/t15-,19+/m1/s1. The van der Waals surface area contributed by atoms with Gasteiger partial charge in [-0.25, -0.2) is 0 Å². The highest BCUT2D eigenvalue weighted by Gasteiger charge is 2.17. The number of rotatable bonds is 8. The van der Waals surface area contributed by atoms with E-state index in [-0.39, 0.29) is 12.3 Å². The van der Waals surface area contributed by atoms with Crippen molar-refractivity contribution >= 4 is 5.97 Å². The van der Waals surface area contributed by atoms with Crippen LogP contribution in [0.3, 0.4) is 0 Å². The molecule has 0 fully saturated rings. The fraction of sp³-hybridized carbons (Fsp3) is 0.350. The van der Waals surface area contributed by atoms with Crippen molar-refractivity contribution in [2.45, 2.75) is 32.6 Å². The van der Waals surface area contributed by atoms with Gasteiger partial charge < -0.3 is 9.84 Å². The molecule has 0 aliphatic rings. The van der Waals surface area contributed by atoms with Crippen molar-refractivity contribution in [2.24, 2.45) is 5.92 Å². The van der Waals surface area contributed by atoms with Gasteiger partial charge in [-0.3, -0.25) is 4.79 Å². The minimum absolute atomic E-state index is 0.0804. The van der Waals surface area contributed by atoms with Gasteiger partial charge in [0.2, 0.25) is 0 Å². The average Bonchev–Trinajstić information content (AvgIpc) is 2.58. The summed E-state index contributed by atoms with van der Waals surface area (Å²) in [6.45, 7) is 5.01. The summed E-state index contributed by atoms with van der Waals surface area (Å²) >= 11 is 0. The van der Waals surface area contributed by atoms with Gasteiger partial charge in [0.25, 0.3) is 0 Å². The molecule has 0 saturated heterocycles. The van der Waals surface area contributed by atoms with Gasteiger partial charge in [-0.1, -0.05) is 62.7 Å². The van der Waals surface area contributed by atoms with Crippen molar-refractivity contribution in [3.63, 3.8) is 0 Å². The SMILES string of the molecule is CC[C@@H](C)COc1ccc([C@@H](CC(=O)O)c2ccccc2)cc1. The van der Waals surface area contributed by atoms with Crippen molar-refractivity contribution in [1.82, 2.24) is 0 Å². The molecule has 0 aliphatic heterocycles. The fourth-order valence-electron chi connectivity index (χ4n) is 2.44. The molecule has 0 saturated carbocycles. The predicted octanol–water partition coefficient (Wildman–Crippen LogP) is 4.72. The van der Waals surface area contributed by atoms with Gasteiger partial charge in [0, 0.05) is 5.92 Å². The van der Waals surface area contributed by atoms with E-state index in [1.807, 2.05) is 54.6 Å². The first-order valence-electron chi connectivity index (χ1n) is 8.09. The Bertz CT molecular complexity index is 605. The quantitative estimate of drug-likeness (QED) is 0.767. The molecule has 0 spiro atoms. The van der Waals surface area contributed by atoms with Crippen molar-refractivity contribution < 1.29 is 14.6 Å². The lowest BCUT2D eigenvalue weighted by Gasteiger charge is -2.17. The third-order valence-corrected chi connectivity index (χ3v) is 4.09. The van der Waals surface area contributed by atoms with Gasteiger partial charge in [0.05, 0.1) is 13.0 Å². The highest BCUT2D eigenvalue weighted by atomic mass is 16.5. The van der Waals surface area contributed by atoms with E-state index in [4.69, 9.17) is 4.74 Å². The van der Waals surface area contributed by atoms with Crippen molar-refractivity contribution in [1.29, 1.82) is 0 Å². The van der Waals surface area contributed by atoms with E-state index in [9.17, 15) is 9.90 Å². The molecule has 2 aromatic rings. The largest absolute Gasteiger partial charge is 0.493 e. The molecular formula is C20H24O3. The summed E-state index contributed by atoms with van der Waals surface area (Å²) in [6.07, 6.45) is 1.17. The zero-order chi connectivity index (χ0) is 16.7. The Kier molecular flexibility index (Phi) is 6.21. The van der Waals surface area contributed by atoms with Gasteiger partial charge in [0.15, 0.2) is 0 Å². The first kappa shape index (κ1) is 17.1. The molecule has 0 aromatic heterocycles. The molecular weight excluding hydrogens is 288 g/mol. The Balaban J connectivity index is 2.14. The molecule has 2 atom stereocenters. The van der Waals surface area contributed by atoms with E-state index >= 15 is 0 Å². The van der Waals surface area contributed by atoms with Crippen LogP contribution < -0.4 is 4.74 Å². The van der Waals surface area contributed by atoms with Crippen LogP contribution in [0.5, 0.6) is 5.75 Å². The lowest BCUT2D eigenvalue weighted by Crippen LogP contribution is -2.09. The van der Waals surface area contributed by atoms with E-state index < -0.39 is 5.97 Å². The number of aliphatic carboxylic acids is 1. The molecule has 0 aliphatic carbocycles. The van der Waals surface area contributed by atoms with Crippen LogP contribution >= 0.6 is 0 Å². The van der Waals surface area contributed by atoms with Crippen molar-refractivity contribution in [2.75, 3.05) is 6.61 Å². The second kappa shape index (κ2) is 8.37. The van der Waals surface area contributed by atoms with Crippen LogP contribution in [-0.4, -0.2) is 17.7 Å². The molecule has 2 rings (SSSR count). The van der Waals surface area contributed by atoms with Crippen LogP contribution in [0.25, 0.3) is 0 Å². The van der Waals surface area contributed by atoms with Crippen molar-refractivity contribution in [3.05, 3.63) is 65.7 Å². The normalized spacial score (nSPS) is 13.3. The monoisotopic (exact) mass is 312 g/mol. The third-order valence-electron chi connectivity index (χ3n) is 4.09. The Labute approximate surface area is 137 Å². The Morgan fingerprint density at radius 1 is 1.04 bits per heavy atom. The minimum atomic E-state index is -0.795. The van der Waals surface area contributed by atoms with E-state index in [1.54, 1.807) is 0 Å². The third kappa shape index (κ3) is 5.13. The number of benzene rings is 2. The highest BCUT2D eigenvalue weighted by molar-refractivity contribution is 5.69. The number of carboxylic acid groups (broad SMARTS) is 1. The maximum Gasteiger partial charge on any atom is 0.304 e. The van der Waals surface area contributed by atoms with E-state index in [1.165, 1.54) is 0 Å². The molecule has 0 bridgehead atoms. The molecule has 122 valence electrons. The smallest absolute Gasteiger partial charge is 0.304 e. The number of ether oxygens (including phenoxy) is 1. The van der Waals surface area contributed by atoms with Gasteiger partial charge in [0.1, 0.15) is 5.75 Å². The molecule has 0 amide bonds. The van der Waals surface area contributed by atoms with Crippen LogP contribution in [0.2, 0.25) is 0 Å². The predicted molar refractivity (Wildman–Crippen MR) is 91.9 cm³/mol. The molecule has 23 heavy (non-hydrogen) atoms. The fourth-order valence-corrected chi connectivity index (χ4v) is 2.44. The number of carboxylic acids is 1. The summed E-state index contributed by atoms with van der Waals surface area (Å²) < 4.78 is 5.76. The Morgan fingerprint density at radius 2 is 1.65 bits per heavy atom. The van der Waals surface area contributed by atoms with E-state index in [0.717, 1.165) is 23.3 Å². The average molecular weight is 312 g/mol. The van der Waals surface area contributed by atoms with Crippen molar-refractivity contribution in [3.8, 4) is 5.75 Å². The lowest BCUT2D eigenvalue weighted by atomic mass is 9.88. The summed E-state index contributed by atoms with van der Waals surface area (Å²) in [4.78, 5) is 11.2. The summed E-state index contributed by atoms with van der Waals surface area (Å²) in [6, 6.07) is 17.5. The van der Waals surface area contributed by atoms with Crippen LogP contribution in [0.15, 0.2) is 54.6 Å². The minimum Gasteiger partial charge on any atom is -0.493 e. The summed E-state index contributed by atoms with van der Waals surface area (Å²) in [5.74, 6) is 0.420. The number of hydrogen-bond acceptors (Lipinski definition) is 2. The summed E-state index contributed by atoms with van der Waals surface area (Å²) in [5.41, 5.74) is 2.01. The highest BCUT2D eigenvalue weighted by Crippen LogP contribution is 2.29. The molecule has 0 radical (unpaired) electrons. The zero-order valence-electron chi connectivity index (χ0n) is 13.7. The van der Waals surface area contributed by atoms with E-state index in [0.29, 0.717) is 12.5 Å². The van der Waals surface area contributed by atoms with Gasteiger partial charge >= 0.3 is 5.97 Å². The van der Waals surface area contributed by atoms with Crippen LogP contribution in [0.4, 0.5) is 0 Å². The maximum atomic E-state index is 11.2. The van der Waals surface area contributed by atoms with E-state index in [2.05, 4.69) is 13.8 Å². The number of carbonyl (C=O) groups is 1. The number of hydrogen-bond donors (Lipinski definition) is 1. The van der Waals surface area contributed by atoms with Crippen LogP contribution in [0, 0.1) is 5.92 Å². The molecule has 2 aromatic carbocycles. The molecule has 3 nitrogen and oxygen atoms in total. The molecule has 1 N–H and O–H groups in total. The first-order valence-corrected chi connectivity index (χ1v) is 8.09. The molecule has 3 heteroatoms. The second-order valence-corrected chi connectivity index (χ2v) is 5.95. The van der Waals surface area contributed by atoms with Crippen LogP contribution in [-0.2, 0) is 4.79 Å². The molecule has 0 unspecified atom stereocenters. The first-order chi connectivity index (χ1) is 11.1. The van der Waals surface area contributed by atoms with Crippen LogP contribution in [0.1, 0.15) is 43.7 Å². The Morgan fingerprint density at radius 3 is 2.22 bits per heavy atom. The maximum absolute atomic E-state index is 11.2. The molecule has 0 heterocycles. The summed E-state index contributed by atoms with van der Waals surface area (Å²) in [5, 5.41) is 9.21.